The van der Waals surface area contributed by atoms with Crippen LogP contribution in [0.2, 0.25) is 0 Å². The van der Waals surface area contributed by atoms with Crippen LogP contribution in [0.3, 0.4) is 0 Å². The number of nitrogens with one attached hydrogen (secondary N) is 4. The molecule has 6 nitrogen and oxygen atoms in total. The average Bonchev–Trinajstić information content (AvgIpc) is 3.78. The summed E-state index contributed by atoms with van der Waals surface area (Å²) >= 11 is 9.53. The second-order valence-corrected chi connectivity index (χ2v) is 14.5. The van der Waals surface area contributed by atoms with Crippen molar-refractivity contribution in [3.63, 3.8) is 0 Å². The largest absolute Gasteiger partial charge is 1.00 e. The normalized spacial score (nSPS) is 16.9. The van der Waals surface area contributed by atoms with E-state index in [2.05, 4.69) is 148 Å². The summed E-state index contributed by atoms with van der Waals surface area (Å²) in [5.41, 5.74) is 9.19. The predicted octanol–water partition coefficient (Wildman–Crippen LogP) is 5.37. The van der Waals surface area contributed by atoms with Crippen molar-refractivity contribution in [1.29, 1.82) is 0 Å². The first kappa shape index (κ1) is 35.7. The topological polar surface area (TPSA) is 72.0 Å². The third-order valence-corrected chi connectivity index (χ3v) is 9.37. The molecule has 0 amide bonds. The number of halogens is 3. The zero-order chi connectivity index (χ0) is 31.8. The lowest BCUT2D eigenvalue weighted by molar-refractivity contribution is -0.671. The number of hydrogen-bond acceptors (Lipinski definition) is 0. The first-order valence-electron chi connectivity index (χ1n) is 15.0. The molecule has 6 rings (SSSR count). The van der Waals surface area contributed by atoms with Crippen molar-refractivity contribution in [3.8, 4) is 0 Å². The Morgan fingerprint density at radius 1 is 0.659 bits per heavy atom. The number of nitrogens with zero attached hydrogens (tertiary/aromatic N) is 2. The van der Waals surface area contributed by atoms with Crippen LogP contribution in [0.4, 0.5) is 0 Å². The van der Waals surface area contributed by atoms with Gasteiger partial charge in [-0.3, -0.25) is 0 Å². The number of H-pyrrole nitrogens is 4. The lowest BCUT2D eigenvalue weighted by atomic mass is 9.81. The van der Waals surface area contributed by atoms with Gasteiger partial charge in [0.05, 0.1) is 18.9 Å². The summed E-state index contributed by atoms with van der Waals surface area (Å²) in [6, 6.07) is 15.8. The van der Waals surface area contributed by atoms with Gasteiger partial charge in [-0.05, 0) is 96.5 Å². The van der Waals surface area contributed by atoms with Crippen molar-refractivity contribution in [1.82, 2.24) is 24.5 Å². The number of imidazole rings is 1. The van der Waals surface area contributed by atoms with E-state index in [0.717, 1.165) is 6.54 Å². The fourth-order valence-electron chi connectivity index (χ4n) is 5.77. The molecule has 5 aromatic rings. The summed E-state index contributed by atoms with van der Waals surface area (Å²) in [6.45, 7) is 21.5. The molecule has 0 radical (unpaired) electrons. The van der Waals surface area contributed by atoms with Crippen molar-refractivity contribution in [2.75, 3.05) is 5.34 Å². The molecule has 9 heteroatoms. The molecule has 0 saturated heterocycles. The van der Waals surface area contributed by atoms with Gasteiger partial charge in [-0.15, -0.1) is 23.2 Å². The number of alkyl halides is 2. The Labute approximate surface area is 279 Å². The third kappa shape index (κ3) is 6.73. The third-order valence-electron chi connectivity index (χ3n) is 9.37. The van der Waals surface area contributed by atoms with Crippen LogP contribution in [-0.2, 0) is 35.3 Å². The summed E-state index contributed by atoms with van der Waals surface area (Å²) in [5.74, 6) is 0. The summed E-state index contributed by atoms with van der Waals surface area (Å²) < 4.78 is 4.16. The molecular formula is C35H49Cl3N6. The molecule has 240 valence electrons. The van der Waals surface area contributed by atoms with Gasteiger partial charge in [-0.1, -0.05) is 13.8 Å². The minimum absolute atomic E-state index is 0. The maximum absolute atomic E-state index is 4.76. The van der Waals surface area contributed by atoms with Gasteiger partial charge in [0.2, 0.25) is 6.33 Å². The molecular weight excluding hydrogens is 611 g/mol. The Morgan fingerprint density at radius 3 is 1.34 bits per heavy atom. The quantitative estimate of drug-likeness (QED) is 0.138. The smallest absolute Gasteiger partial charge is 0.243 e. The van der Waals surface area contributed by atoms with Crippen LogP contribution in [0.1, 0.15) is 108 Å². The standard InChI is InChI=1S/C28H36N4.C6H11N2.CH2Cl2.ClH/c1-25(2)17-15-24(29-16-17)28(7,8)23-14-13-22(32-23)27(5,6)21-12-11-20(31-21)26(3,4)19-10-9-18(25)30-19;1-3-8-5-4-7(2)6-8;2-1-3;/h9-16,29-32H,1-8H3;4-6H,3H2,1-2H3;1H2;1H/q;+1;;/p-1. The van der Waals surface area contributed by atoms with Crippen LogP contribution in [0.25, 0.3) is 0 Å². The van der Waals surface area contributed by atoms with E-state index < -0.39 is 0 Å². The number of aryl methyl sites for hydroxylation is 2. The fraction of sp³-hybridized carbons (Fsp3) is 0.457. The van der Waals surface area contributed by atoms with Crippen LogP contribution in [-0.4, -0.2) is 29.8 Å². The van der Waals surface area contributed by atoms with E-state index in [1.165, 1.54) is 45.4 Å². The number of rotatable bonds is 1. The van der Waals surface area contributed by atoms with E-state index in [-0.39, 0.29) is 39.4 Å². The molecule has 0 atom stereocenters. The minimum atomic E-state index is -0.163. The first-order valence-corrected chi connectivity index (χ1v) is 16.1. The lowest BCUT2D eigenvalue weighted by Gasteiger charge is -2.28. The Hall–Kier alpha value is -2.80. The van der Waals surface area contributed by atoms with Crippen LogP contribution in [0.5, 0.6) is 0 Å². The van der Waals surface area contributed by atoms with Gasteiger partial charge in [0.15, 0.2) is 0 Å². The van der Waals surface area contributed by atoms with Crippen molar-refractivity contribution in [3.05, 3.63) is 113 Å². The van der Waals surface area contributed by atoms with Crippen molar-refractivity contribution >= 4 is 23.2 Å². The molecule has 4 N–H and O–H groups in total. The Balaban J connectivity index is 0.000000376. The van der Waals surface area contributed by atoms with Crippen LogP contribution < -0.4 is 17.0 Å². The maximum Gasteiger partial charge on any atom is 0.243 e. The molecule has 6 heterocycles. The number of hydrogen-bond donors (Lipinski definition) is 4. The summed E-state index contributed by atoms with van der Waals surface area (Å²) in [6.07, 6.45) is 8.31. The summed E-state index contributed by atoms with van der Waals surface area (Å²) in [4.78, 5) is 14.9. The minimum Gasteiger partial charge on any atom is -1.00 e. The van der Waals surface area contributed by atoms with E-state index in [1.807, 2.05) is 17.8 Å². The molecule has 1 aliphatic heterocycles. The summed E-state index contributed by atoms with van der Waals surface area (Å²) in [7, 11) is 2.02. The highest BCUT2D eigenvalue weighted by atomic mass is 35.5. The van der Waals surface area contributed by atoms with Crippen LogP contribution >= 0.6 is 23.2 Å². The van der Waals surface area contributed by atoms with E-state index in [9.17, 15) is 0 Å². The Bertz CT molecular complexity index is 1360. The molecule has 0 spiro atoms. The van der Waals surface area contributed by atoms with Crippen LogP contribution in [0.15, 0.2) is 67.4 Å². The fourth-order valence-corrected chi connectivity index (χ4v) is 5.77. The van der Waals surface area contributed by atoms with Gasteiger partial charge in [0.25, 0.3) is 0 Å². The zero-order valence-electron chi connectivity index (χ0n) is 27.8. The molecule has 0 saturated carbocycles. The number of fused-ring (bicyclic) bond motifs is 8. The lowest BCUT2D eigenvalue weighted by Crippen LogP contribution is -3.00. The van der Waals surface area contributed by atoms with Crippen molar-refractivity contribution < 1.29 is 17.0 Å². The van der Waals surface area contributed by atoms with Gasteiger partial charge >= 0.3 is 0 Å². The van der Waals surface area contributed by atoms with E-state index in [4.69, 9.17) is 23.2 Å². The van der Waals surface area contributed by atoms with E-state index in [0.29, 0.717) is 0 Å². The summed E-state index contributed by atoms with van der Waals surface area (Å²) in [5, 5.41) is 0.194. The highest BCUT2D eigenvalue weighted by Crippen LogP contribution is 2.41. The Morgan fingerprint density at radius 2 is 1.02 bits per heavy atom. The number of aromatic amines is 4. The highest BCUT2D eigenvalue weighted by Gasteiger charge is 2.36. The van der Waals surface area contributed by atoms with Crippen molar-refractivity contribution in [2.45, 2.75) is 90.5 Å². The van der Waals surface area contributed by atoms with Gasteiger partial charge in [0.1, 0.15) is 12.4 Å². The van der Waals surface area contributed by atoms with Gasteiger partial charge in [-0.25, -0.2) is 9.13 Å². The SMILES string of the molecule is CC1(C)c2c[nH]c(c2)C(C)(C)c2ccc([nH]2)C(C)(C)c2ccc([nH]2)C(C)(C)c2ccc1[nH]2.CCn1cc[n+](C)c1.ClCCl.[Cl-]. The second kappa shape index (κ2) is 13.3. The average molecular weight is 660 g/mol. The molecule has 0 fully saturated rings. The molecule has 5 aromatic heterocycles. The molecule has 8 bridgehead atoms. The molecule has 1 aliphatic rings. The van der Waals surface area contributed by atoms with Crippen LogP contribution in [0, 0.1) is 0 Å². The van der Waals surface area contributed by atoms with E-state index >= 15 is 0 Å². The van der Waals surface area contributed by atoms with Gasteiger partial charge in [-0.2, -0.15) is 0 Å². The van der Waals surface area contributed by atoms with Gasteiger partial charge in [0, 0.05) is 67.7 Å². The predicted molar refractivity (Wildman–Crippen MR) is 180 cm³/mol. The molecule has 0 unspecified atom stereocenters. The highest BCUT2D eigenvalue weighted by molar-refractivity contribution is 6.40. The van der Waals surface area contributed by atoms with E-state index in [1.54, 1.807) is 0 Å². The Kier molecular flexibility index (Phi) is 10.8. The molecule has 44 heavy (non-hydrogen) atoms. The van der Waals surface area contributed by atoms with Crippen molar-refractivity contribution in [2.24, 2.45) is 7.05 Å². The molecule has 0 aliphatic carbocycles. The zero-order valence-corrected chi connectivity index (χ0v) is 30.1. The monoisotopic (exact) mass is 658 g/mol. The molecule has 0 aromatic carbocycles. The first-order chi connectivity index (χ1) is 20.1. The maximum atomic E-state index is 4.76. The second-order valence-electron chi connectivity index (χ2n) is 13.7. The number of aromatic nitrogens is 6. The van der Waals surface area contributed by atoms with Gasteiger partial charge < -0.3 is 32.3 Å².